The van der Waals surface area contributed by atoms with Crippen molar-refractivity contribution in [2.45, 2.75) is 33.5 Å². The molecule has 0 saturated heterocycles. The Bertz CT molecular complexity index is 1130. The van der Waals surface area contributed by atoms with Gasteiger partial charge in [-0.25, -0.2) is 4.68 Å². The molecule has 8 nitrogen and oxygen atoms in total. The zero-order valence-electron chi connectivity index (χ0n) is 18.4. The molecular formula is C22H24F3N5O3. The van der Waals surface area contributed by atoms with E-state index in [-0.39, 0.29) is 11.4 Å². The lowest BCUT2D eigenvalue weighted by molar-refractivity contribution is -0.143. The molecule has 0 unspecified atom stereocenters. The van der Waals surface area contributed by atoms with Crippen molar-refractivity contribution in [3.8, 4) is 5.69 Å². The molecule has 33 heavy (non-hydrogen) atoms. The second kappa shape index (κ2) is 9.90. The van der Waals surface area contributed by atoms with Crippen molar-refractivity contribution in [3.63, 3.8) is 0 Å². The lowest BCUT2D eigenvalue weighted by Crippen LogP contribution is -2.42. The topological polar surface area (TPSA) is 92.4 Å². The number of aryl methyl sites for hydroxylation is 1. The number of nitrogens with one attached hydrogen (secondary N) is 2. The summed E-state index contributed by atoms with van der Waals surface area (Å²) in [5, 5.41) is 3.77. The molecule has 176 valence electrons. The van der Waals surface area contributed by atoms with Crippen LogP contribution in [0.3, 0.4) is 0 Å². The molecule has 11 heteroatoms. The fourth-order valence-electron chi connectivity index (χ4n) is 3.27. The first-order chi connectivity index (χ1) is 15.7. The predicted molar refractivity (Wildman–Crippen MR) is 114 cm³/mol. The van der Waals surface area contributed by atoms with E-state index in [0.717, 1.165) is 19.3 Å². The highest BCUT2D eigenvalue weighted by atomic mass is 19.4. The molecule has 0 spiro atoms. The van der Waals surface area contributed by atoms with Crippen LogP contribution in [0.15, 0.2) is 47.0 Å². The average molecular weight is 463 g/mol. The van der Waals surface area contributed by atoms with Gasteiger partial charge < -0.3 is 4.42 Å². The summed E-state index contributed by atoms with van der Waals surface area (Å²) in [4.78, 5) is 26.9. The Hall–Kier alpha value is -3.60. The summed E-state index contributed by atoms with van der Waals surface area (Å²) in [6, 6.07) is 9.41. The Kier molecular flexibility index (Phi) is 7.22. The molecule has 0 aliphatic heterocycles. The van der Waals surface area contributed by atoms with Gasteiger partial charge in [-0.15, -0.1) is 0 Å². The van der Waals surface area contributed by atoms with Gasteiger partial charge in [0.1, 0.15) is 5.76 Å². The van der Waals surface area contributed by atoms with E-state index in [0.29, 0.717) is 22.6 Å². The number of benzene rings is 1. The standard InChI is InChI=1S/C22H24F3N5O3/c1-4-29(5-2)13-15-10-11-18(33-15)21(32)28-27-20(31)16-12-26-30(19(16)22(23,24)25)17-9-7-6-8-14(17)3/h6-12H,4-5,13H2,1-3H3,(H,27,31)(H,28,32). The number of carbonyl (C=O) groups is 2. The van der Waals surface area contributed by atoms with E-state index >= 15 is 0 Å². The highest BCUT2D eigenvalue weighted by Crippen LogP contribution is 2.34. The molecule has 2 amide bonds. The van der Waals surface area contributed by atoms with Gasteiger partial charge in [-0.2, -0.15) is 18.3 Å². The number of hydrogen-bond donors (Lipinski definition) is 2. The van der Waals surface area contributed by atoms with Gasteiger partial charge in [0, 0.05) is 0 Å². The van der Waals surface area contributed by atoms with Crippen molar-refractivity contribution >= 4 is 11.8 Å². The van der Waals surface area contributed by atoms with Gasteiger partial charge in [0.2, 0.25) is 0 Å². The van der Waals surface area contributed by atoms with Gasteiger partial charge >= 0.3 is 12.1 Å². The Morgan fingerprint density at radius 2 is 1.73 bits per heavy atom. The van der Waals surface area contributed by atoms with Crippen molar-refractivity contribution in [2.24, 2.45) is 0 Å². The summed E-state index contributed by atoms with van der Waals surface area (Å²) >= 11 is 0. The van der Waals surface area contributed by atoms with Crippen molar-refractivity contribution in [2.75, 3.05) is 13.1 Å². The van der Waals surface area contributed by atoms with Crippen LogP contribution in [-0.2, 0) is 12.7 Å². The Balaban J connectivity index is 1.75. The Labute approximate surface area is 188 Å². The number of para-hydroxylation sites is 1. The first-order valence-corrected chi connectivity index (χ1v) is 10.3. The molecule has 0 aliphatic rings. The average Bonchev–Trinajstić information content (AvgIpc) is 3.43. The number of rotatable bonds is 7. The monoisotopic (exact) mass is 463 g/mol. The zero-order valence-corrected chi connectivity index (χ0v) is 18.4. The van der Waals surface area contributed by atoms with Crippen LogP contribution in [0.4, 0.5) is 13.2 Å². The molecule has 0 fully saturated rings. The van der Waals surface area contributed by atoms with E-state index in [4.69, 9.17) is 4.42 Å². The molecule has 2 aromatic heterocycles. The van der Waals surface area contributed by atoms with Crippen molar-refractivity contribution in [1.82, 2.24) is 25.5 Å². The van der Waals surface area contributed by atoms with E-state index in [9.17, 15) is 22.8 Å². The van der Waals surface area contributed by atoms with E-state index < -0.39 is 29.2 Å². The van der Waals surface area contributed by atoms with Crippen molar-refractivity contribution in [1.29, 1.82) is 0 Å². The van der Waals surface area contributed by atoms with E-state index in [2.05, 4.69) is 15.4 Å². The first-order valence-electron chi connectivity index (χ1n) is 10.3. The lowest BCUT2D eigenvalue weighted by Gasteiger charge is -2.15. The number of hydrogen-bond acceptors (Lipinski definition) is 5. The third-order valence-electron chi connectivity index (χ3n) is 5.07. The zero-order chi connectivity index (χ0) is 24.2. The van der Waals surface area contributed by atoms with Crippen LogP contribution in [-0.4, -0.2) is 39.6 Å². The number of hydrazine groups is 1. The summed E-state index contributed by atoms with van der Waals surface area (Å²) in [5.74, 6) is -1.49. The SMILES string of the molecule is CCN(CC)Cc1ccc(C(=O)NNC(=O)c2cnn(-c3ccccc3C)c2C(F)(F)F)o1. The minimum absolute atomic E-state index is 0.0795. The number of carbonyl (C=O) groups excluding carboxylic acids is 2. The Morgan fingerprint density at radius 1 is 1.06 bits per heavy atom. The fraction of sp³-hybridized carbons (Fsp3) is 0.318. The van der Waals surface area contributed by atoms with Gasteiger partial charge in [-0.1, -0.05) is 32.0 Å². The maximum atomic E-state index is 13.8. The highest BCUT2D eigenvalue weighted by Gasteiger charge is 2.41. The van der Waals surface area contributed by atoms with Crippen LogP contribution in [0.25, 0.3) is 5.69 Å². The van der Waals surface area contributed by atoms with Gasteiger partial charge in [-0.05, 0) is 43.8 Å². The van der Waals surface area contributed by atoms with Crippen LogP contribution in [0.2, 0.25) is 0 Å². The molecule has 0 atom stereocenters. The number of amides is 2. The second-order valence-corrected chi connectivity index (χ2v) is 7.24. The quantitative estimate of drug-likeness (QED) is 0.521. The summed E-state index contributed by atoms with van der Waals surface area (Å²) in [6.45, 7) is 7.71. The minimum atomic E-state index is -4.87. The molecule has 3 rings (SSSR count). The van der Waals surface area contributed by atoms with E-state index in [1.807, 2.05) is 19.3 Å². The smallest absolute Gasteiger partial charge is 0.434 e. The number of aromatic nitrogens is 2. The number of nitrogens with zero attached hydrogens (tertiary/aromatic N) is 3. The van der Waals surface area contributed by atoms with E-state index in [1.165, 1.54) is 12.1 Å². The summed E-state index contributed by atoms with van der Waals surface area (Å²) in [7, 11) is 0. The third kappa shape index (κ3) is 5.43. The predicted octanol–water partition coefficient (Wildman–Crippen LogP) is 3.71. The van der Waals surface area contributed by atoms with Gasteiger partial charge in [0.15, 0.2) is 11.5 Å². The summed E-state index contributed by atoms with van der Waals surface area (Å²) in [6.07, 6.45) is -4.05. The van der Waals surface area contributed by atoms with Crippen molar-refractivity contribution in [3.05, 3.63) is 70.9 Å². The summed E-state index contributed by atoms with van der Waals surface area (Å²) in [5.41, 5.74) is 2.83. The fourth-order valence-corrected chi connectivity index (χ4v) is 3.27. The van der Waals surface area contributed by atoms with Crippen LogP contribution in [0.5, 0.6) is 0 Å². The van der Waals surface area contributed by atoms with E-state index in [1.54, 1.807) is 31.2 Å². The molecular weight excluding hydrogens is 439 g/mol. The van der Waals surface area contributed by atoms with Crippen LogP contribution in [0.1, 0.15) is 51.8 Å². The van der Waals surface area contributed by atoms with Gasteiger partial charge in [0.25, 0.3) is 5.91 Å². The minimum Gasteiger partial charge on any atom is -0.454 e. The summed E-state index contributed by atoms with van der Waals surface area (Å²) < 4.78 is 47.5. The maximum Gasteiger partial charge on any atom is 0.434 e. The lowest BCUT2D eigenvalue weighted by atomic mass is 10.2. The van der Waals surface area contributed by atoms with Crippen molar-refractivity contribution < 1.29 is 27.2 Å². The largest absolute Gasteiger partial charge is 0.454 e. The molecule has 0 saturated carbocycles. The number of alkyl halides is 3. The number of furan rings is 1. The molecule has 0 bridgehead atoms. The normalized spacial score (nSPS) is 11.6. The third-order valence-corrected chi connectivity index (χ3v) is 5.07. The molecule has 0 radical (unpaired) electrons. The van der Waals surface area contributed by atoms with Crippen LogP contribution in [0, 0.1) is 6.92 Å². The van der Waals surface area contributed by atoms with Crippen LogP contribution >= 0.6 is 0 Å². The van der Waals surface area contributed by atoms with Gasteiger partial charge in [0.05, 0.1) is 24.0 Å². The van der Waals surface area contributed by atoms with Crippen LogP contribution < -0.4 is 10.9 Å². The molecule has 2 heterocycles. The molecule has 0 aliphatic carbocycles. The maximum absolute atomic E-state index is 13.8. The first kappa shape index (κ1) is 24.1. The molecule has 2 N–H and O–H groups in total. The second-order valence-electron chi connectivity index (χ2n) is 7.24. The van der Waals surface area contributed by atoms with Gasteiger partial charge in [-0.3, -0.25) is 25.3 Å². The molecule has 1 aromatic carbocycles. The Morgan fingerprint density at radius 3 is 2.36 bits per heavy atom. The highest BCUT2D eigenvalue weighted by molar-refractivity contribution is 5.98. The molecule has 3 aromatic rings. The number of halogens is 3.